The van der Waals surface area contributed by atoms with Crippen LogP contribution in [0.25, 0.3) is 11.3 Å². The van der Waals surface area contributed by atoms with Crippen LogP contribution in [0.1, 0.15) is 36.6 Å². The molecule has 2 N–H and O–H groups in total. The Balaban J connectivity index is 1.51. The maximum Gasteiger partial charge on any atom is 0.328 e. The van der Waals surface area contributed by atoms with Gasteiger partial charge in [0.2, 0.25) is 5.95 Å². The van der Waals surface area contributed by atoms with Gasteiger partial charge in [0.1, 0.15) is 0 Å². The van der Waals surface area contributed by atoms with Crippen molar-refractivity contribution in [1.82, 2.24) is 24.6 Å². The molecule has 1 aliphatic rings. The number of aromatic nitrogens is 4. The highest BCUT2D eigenvalue weighted by Crippen LogP contribution is 2.26. The molecular formula is C24H28N6O2. The van der Waals surface area contributed by atoms with E-state index in [-0.39, 0.29) is 6.04 Å². The maximum atomic E-state index is 10.7. The van der Waals surface area contributed by atoms with Crippen molar-refractivity contribution in [1.29, 1.82) is 0 Å². The number of benzene rings is 1. The fourth-order valence-corrected chi connectivity index (χ4v) is 3.82. The number of nitrogens with zero attached hydrogens (tertiary/aromatic N) is 5. The number of rotatable bonds is 7. The molecule has 0 amide bonds. The fraction of sp³-hybridized carbons (Fsp3) is 0.333. The van der Waals surface area contributed by atoms with Crippen LogP contribution < -0.4 is 5.32 Å². The molecule has 1 aromatic carbocycles. The number of hydrogen-bond acceptors (Lipinski definition) is 6. The van der Waals surface area contributed by atoms with Crippen molar-refractivity contribution in [2.24, 2.45) is 0 Å². The van der Waals surface area contributed by atoms with Crippen LogP contribution in [0, 0.1) is 6.92 Å². The minimum Gasteiger partial charge on any atom is -0.478 e. The van der Waals surface area contributed by atoms with Crippen LogP contribution in [0.3, 0.4) is 0 Å². The molecule has 3 heterocycles. The summed E-state index contributed by atoms with van der Waals surface area (Å²) in [6.07, 6.45) is 9.51. The number of aliphatic carboxylic acids is 1. The molecule has 0 aliphatic carbocycles. The average molecular weight is 433 g/mol. The first-order valence-electron chi connectivity index (χ1n) is 10.8. The summed E-state index contributed by atoms with van der Waals surface area (Å²) in [5.41, 5.74) is 6.31. The molecule has 0 saturated heterocycles. The molecule has 8 heteroatoms. The van der Waals surface area contributed by atoms with E-state index in [9.17, 15) is 4.79 Å². The van der Waals surface area contributed by atoms with Gasteiger partial charge < -0.3 is 10.4 Å². The third kappa shape index (κ3) is 5.03. The van der Waals surface area contributed by atoms with Gasteiger partial charge in [0.25, 0.3) is 0 Å². The Morgan fingerprint density at radius 3 is 2.88 bits per heavy atom. The molecule has 32 heavy (non-hydrogen) atoms. The van der Waals surface area contributed by atoms with E-state index in [0.29, 0.717) is 12.5 Å². The number of hydrogen-bond donors (Lipinski definition) is 2. The predicted octanol–water partition coefficient (Wildman–Crippen LogP) is 3.97. The van der Waals surface area contributed by atoms with Crippen LogP contribution >= 0.6 is 0 Å². The first-order chi connectivity index (χ1) is 15.4. The summed E-state index contributed by atoms with van der Waals surface area (Å²) < 4.78 is 1.92. The van der Waals surface area contributed by atoms with Crippen LogP contribution in [0.5, 0.6) is 0 Å². The van der Waals surface area contributed by atoms with Gasteiger partial charge in [-0.25, -0.2) is 14.8 Å². The molecular weight excluding hydrogens is 404 g/mol. The average Bonchev–Trinajstić information content (AvgIpc) is 3.25. The first kappa shape index (κ1) is 21.7. The molecule has 166 valence electrons. The van der Waals surface area contributed by atoms with E-state index in [1.165, 1.54) is 17.2 Å². The lowest BCUT2D eigenvalue weighted by Crippen LogP contribution is -2.30. The monoisotopic (exact) mass is 432 g/mol. The van der Waals surface area contributed by atoms with Crippen LogP contribution in [-0.4, -0.2) is 48.8 Å². The van der Waals surface area contributed by atoms with E-state index >= 15 is 0 Å². The summed E-state index contributed by atoms with van der Waals surface area (Å²) in [6, 6.07) is 6.61. The van der Waals surface area contributed by atoms with Crippen molar-refractivity contribution in [3.8, 4) is 11.3 Å². The van der Waals surface area contributed by atoms with Gasteiger partial charge in [-0.2, -0.15) is 5.10 Å². The highest BCUT2D eigenvalue weighted by Gasteiger charge is 2.16. The van der Waals surface area contributed by atoms with Gasteiger partial charge in [-0.3, -0.25) is 9.58 Å². The molecule has 3 aromatic rings. The van der Waals surface area contributed by atoms with Gasteiger partial charge in [-0.1, -0.05) is 12.1 Å². The molecule has 1 aliphatic heterocycles. The van der Waals surface area contributed by atoms with Gasteiger partial charge in [0.05, 0.1) is 11.9 Å². The lowest BCUT2D eigenvalue weighted by Gasteiger charge is -2.28. The number of aryl methyl sites for hydroxylation is 1. The third-order valence-corrected chi connectivity index (χ3v) is 5.55. The zero-order valence-electron chi connectivity index (χ0n) is 18.6. The van der Waals surface area contributed by atoms with Crippen molar-refractivity contribution in [3.63, 3.8) is 0 Å². The minimum atomic E-state index is -0.914. The molecule has 0 atom stereocenters. The quantitative estimate of drug-likeness (QED) is 0.545. The number of carbonyl (C=O) groups is 1. The van der Waals surface area contributed by atoms with E-state index in [1.807, 2.05) is 30.2 Å². The molecule has 0 radical (unpaired) electrons. The topological polar surface area (TPSA) is 96.2 Å². The number of fused-ring (bicyclic) bond motifs is 1. The van der Waals surface area contributed by atoms with Gasteiger partial charge in [-0.05, 0) is 56.0 Å². The van der Waals surface area contributed by atoms with Crippen LogP contribution in [0.2, 0.25) is 0 Å². The Morgan fingerprint density at radius 1 is 1.28 bits per heavy atom. The summed E-state index contributed by atoms with van der Waals surface area (Å²) in [4.78, 5) is 22.1. The minimum absolute atomic E-state index is 0.290. The first-order valence-corrected chi connectivity index (χ1v) is 10.8. The van der Waals surface area contributed by atoms with Crippen LogP contribution in [-0.2, 0) is 17.8 Å². The molecule has 0 bridgehead atoms. The largest absolute Gasteiger partial charge is 0.478 e. The summed E-state index contributed by atoms with van der Waals surface area (Å²) in [5.74, 6) is -0.372. The zero-order chi connectivity index (χ0) is 22.7. The van der Waals surface area contributed by atoms with Crippen molar-refractivity contribution in [2.75, 3.05) is 18.4 Å². The molecule has 2 aromatic heterocycles. The molecule has 0 unspecified atom stereocenters. The molecule has 0 spiro atoms. The lowest BCUT2D eigenvalue weighted by molar-refractivity contribution is -0.131. The molecule has 0 fully saturated rings. The smallest absolute Gasteiger partial charge is 0.328 e. The Labute approximate surface area is 187 Å². The molecule has 8 nitrogen and oxygen atoms in total. The second-order valence-electron chi connectivity index (χ2n) is 8.36. The second-order valence-corrected chi connectivity index (χ2v) is 8.36. The van der Waals surface area contributed by atoms with E-state index in [2.05, 4.69) is 52.3 Å². The SMILES string of the molecule is Cc1cnc(Nc2ccc3c(c2)CN(C/C=C/C(=O)O)CC3)nc1-c1cnn(C(C)C)c1. The van der Waals surface area contributed by atoms with Gasteiger partial charge in [-0.15, -0.1) is 0 Å². The van der Waals surface area contributed by atoms with Crippen LogP contribution in [0.15, 0.2) is 48.9 Å². The Morgan fingerprint density at radius 2 is 2.12 bits per heavy atom. The summed E-state index contributed by atoms with van der Waals surface area (Å²) >= 11 is 0. The van der Waals surface area contributed by atoms with Gasteiger partial charge in [0, 0.05) is 55.4 Å². The number of nitrogens with one attached hydrogen (secondary N) is 1. The predicted molar refractivity (Wildman–Crippen MR) is 124 cm³/mol. The van der Waals surface area contributed by atoms with Crippen molar-refractivity contribution in [2.45, 2.75) is 39.8 Å². The van der Waals surface area contributed by atoms with Crippen molar-refractivity contribution in [3.05, 3.63) is 65.6 Å². The zero-order valence-corrected chi connectivity index (χ0v) is 18.6. The molecule has 4 rings (SSSR count). The Hall–Kier alpha value is -3.52. The highest BCUT2D eigenvalue weighted by atomic mass is 16.4. The summed E-state index contributed by atoms with van der Waals surface area (Å²) in [5, 5.41) is 16.5. The van der Waals surface area contributed by atoms with Crippen LogP contribution in [0.4, 0.5) is 11.6 Å². The second kappa shape index (κ2) is 9.32. The highest BCUT2D eigenvalue weighted by molar-refractivity contribution is 5.79. The number of carboxylic acids is 1. The number of carboxylic acid groups (broad SMARTS) is 1. The van der Waals surface area contributed by atoms with Gasteiger partial charge in [0.15, 0.2) is 0 Å². The normalized spacial score (nSPS) is 14.1. The maximum absolute atomic E-state index is 10.7. The van der Waals surface area contributed by atoms with Crippen molar-refractivity contribution < 1.29 is 9.90 Å². The lowest BCUT2D eigenvalue weighted by atomic mass is 9.99. The third-order valence-electron chi connectivity index (χ3n) is 5.55. The van der Waals surface area contributed by atoms with E-state index < -0.39 is 5.97 Å². The van der Waals surface area contributed by atoms with Crippen molar-refractivity contribution >= 4 is 17.6 Å². The summed E-state index contributed by atoms with van der Waals surface area (Å²) in [7, 11) is 0. The van der Waals surface area contributed by atoms with Gasteiger partial charge >= 0.3 is 5.97 Å². The number of anilines is 2. The van der Waals surface area contributed by atoms with E-state index in [4.69, 9.17) is 10.1 Å². The molecule has 0 saturated carbocycles. The van der Waals surface area contributed by atoms with E-state index in [0.717, 1.165) is 42.0 Å². The Bertz CT molecular complexity index is 1150. The fourth-order valence-electron chi connectivity index (χ4n) is 3.82. The Kier molecular flexibility index (Phi) is 6.32. The summed E-state index contributed by atoms with van der Waals surface area (Å²) in [6.45, 7) is 8.50. The van der Waals surface area contributed by atoms with E-state index in [1.54, 1.807) is 6.08 Å². The standard InChI is InChI=1S/C24H28N6O2/c1-16(2)30-15-20(13-26-30)23-17(3)12-25-24(28-23)27-21-7-6-18-8-10-29(14-19(18)11-21)9-4-5-22(31)32/h4-7,11-13,15-16H,8-10,14H2,1-3H3,(H,31,32)(H,25,27,28)/b5-4+.